The minimum absolute atomic E-state index is 0.930. The molecule has 0 amide bonds. The highest BCUT2D eigenvalue weighted by Crippen LogP contribution is 2.14. The predicted octanol–water partition coefficient (Wildman–Crippen LogP) is 2.41. The molecule has 2 heterocycles. The largest absolute Gasteiger partial charge is 0.345 e. The molecule has 2 aromatic rings. The van der Waals surface area contributed by atoms with Gasteiger partial charge < -0.3 is 9.88 Å². The summed E-state index contributed by atoms with van der Waals surface area (Å²) in [6.07, 6.45) is 4.10. The van der Waals surface area contributed by atoms with Gasteiger partial charge in [-0.05, 0) is 25.6 Å². The molecule has 0 atom stereocenters. The van der Waals surface area contributed by atoms with Gasteiger partial charge in [0.2, 0.25) is 0 Å². The summed E-state index contributed by atoms with van der Waals surface area (Å²) in [7, 11) is 0. The Labute approximate surface area is 100 Å². The van der Waals surface area contributed by atoms with E-state index in [1.54, 1.807) is 11.3 Å². The summed E-state index contributed by atoms with van der Waals surface area (Å²) in [6, 6.07) is 4.26. The summed E-state index contributed by atoms with van der Waals surface area (Å²) < 4.78 is 2.27. The quantitative estimate of drug-likeness (QED) is 0.862. The second kappa shape index (κ2) is 5.27. The fourth-order valence-corrected chi connectivity index (χ4v) is 2.46. The van der Waals surface area contributed by atoms with Crippen LogP contribution in [0.1, 0.15) is 22.5 Å². The number of aryl methyl sites for hydroxylation is 1. The minimum Gasteiger partial charge on any atom is -0.345 e. The SMILES string of the molecule is CCNCc1cccn1Cc1cnc(C)s1. The minimum atomic E-state index is 0.930. The van der Waals surface area contributed by atoms with E-state index in [4.69, 9.17) is 0 Å². The summed E-state index contributed by atoms with van der Waals surface area (Å²) in [4.78, 5) is 5.59. The first-order valence-corrected chi connectivity index (χ1v) is 6.37. The maximum Gasteiger partial charge on any atom is 0.0897 e. The smallest absolute Gasteiger partial charge is 0.0897 e. The van der Waals surface area contributed by atoms with E-state index in [0.717, 1.165) is 24.6 Å². The van der Waals surface area contributed by atoms with Gasteiger partial charge in [0, 0.05) is 29.5 Å². The number of hydrogen-bond acceptors (Lipinski definition) is 3. The summed E-state index contributed by atoms with van der Waals surface area (Å²) >= 11 is 1.77. The number of hydrogen-bond donors (Lipinski definition) is 1. The average molecular weight is 235 g/mol. The molecule has 0 unspecified atom stereocenters. The lowest BCUT2D eigenvalue weighted by atomic mass is 10.4. The number of aromatic nitrogens is 2. The van der Waals surface area contributed by atoms with Gasteiger partial charge in [0.15, 0.2) is 0 Å². The number of thiazole rings is 1. The number of rotatable bonds is 5. The molecule has 0 aliphatic heterocycles. The van der Waals surface area contributed by atoms with Crippen molar-refractivity contribution in [3.05, 3.63) is 40.1 Å². The van der Waals surface area contributed by atoms with Crippen LogP contribution in [-0.4, -0.2) is 16.1 Å². The van der Waals surface area contributed by atoms with Crippen LogP contribution in [0.25, 0.3) is 0 Å². The first kappa shape index (κ1) is 11.4. The van der Waals surface area contributed by atoms with Crippen molar-refractivity contribution in [1.29, 1.82) is 0 Å². The molecule has 16 heavy (non-hydrogen) atoms. The van der Waals surface area contributed by atoms with E-state index in [0.29, 0.717) is 0 Å². The Bertz CT molecular complexity index is 445. The maximum atomic E-state index is 4.28. The average Bonchev–Trinajstić information content (AvgIpc) is 2.86. The first-order valence-electron chi connectivity index (χ1n) is 5.55. The second-order valence-electron chi connectivity index (χ2n) is 3.75. The van der Waals surface area contributed by atoms with E-state index in [2.05, 4.69) is 40.1 Å². The zero-order valence-corrected chi connectivity index (χ0v) is 10.5. The third-order valence-corrected chi connectivity index (χ3v) is 3.37. The lowest BCUT2D eigenvalue weighted by Crippen LogP contribution is -2.15. The van der Waals surface area contributed by atoms with Crippen molar-refractivity contribution in [2.24, 2.45) is 0 Å². The van der Waals surface area contributed by atoms with E-state index in [1.807, 2.05) is 13.1 Å². The molecule has 0 fully saturated rings. The molecule has 3 nitrogen and oxygen atoms in total. The van der Waals surface area contributed by atoms with Crippen molar-refractivity contribution in [3.8, 4) is 0 Å². The van der Waals surface area contributed by atoms with Gasteiger partial charge in [-0.25, -0.2) is 4.98 Å². The van der Waals surface area contributed by atoms with Crippen molar-refractivity contribution < 1.29 is 0 Å². The predicted molar refractivity (Wildman–Crippen MR) is 67.8 cm³/mol. The number of nitrogens with one attached hydrogen (secondary N) is 1. The monoisotopic (exact) mass is 235 g/mol. The third-order valence-electron chi connectivity index (χ3n) is 2.47. The van der Waals surface area contributed by atoms with Gasteiger partial charge in [-0.2, -0.15) is 0 Å². The van der Waals surface area contributed by atoms with Gasteiger partial charge in [0.1, 0.15) is 0 Å². The molecule has 4 heteroatoms. The fraction of sp³-hybridized carbons (Fsp3) is 0.417. The zero-order valence-electron chi connectivity index (χ0n) is 9.73. The van der Waals surface area contributed by atoms with Crippen LogP contribution in [-0.2, 0) is 13.1 Å². The van der Waals surface area contributed by atoms with E-state index in [1.165, 1.54) is 10.6 Å². The Balaban J connectivity index is 2.06. The van der Waals surface area contributed by atoms with Crippen LogP contribution in [0.15, 0.2) is 24.5 Å². The van der Waals surface area contributed by atoms with E-state index < -0.39 is 0 Å². The normalized spacial score (nSPS) is 10.9. The third kappa shape index (κ3) is 2.71. The highest BCUT2D eigenvalue weighted by Gasteiger charge is 2.03. The van der Waals surface area contributed by atoms with Crippen molar-refractivity contribution >= 4 is 11.3 Å². The van der Waals surface area contributed by atoms with Crippen LogP contribution in [0, 0.1) is 6.92 Å². The summed E-state index contributed by atoms with van der Waals surface area (Å²) in [5.41, 5.74) is 1.33. The number of nitrogens with zero attached hydrogens (tertiary/aromatic N) is 2. The summed E-state index contributed by atoms with van der Waals surface area (Å²) in [5, 5.41) is 4.48. The Morgan fingerprint density at radius 2 is 2.38 bits per heavy atom. The van der Waals surface area contributed by atoms with Gasteiger partial charge in [-0.1, -0.05) is 6.92 Å². The van der Waals surface area contributed by atoms with Gasteiger partial charge in [0.05, 0.1) is 11.6 Å². The fourth-order valence-electron chi connectivity index (χ4n) is 1.66. The first-order chi connectivity index (χ1) is 7.79. The molecule has 0 aliphatic rings. The molecule has 86 valence electrons. The van der Waals surface area contributed by atoms with Gasteiger partial charge >= 0.3 is 0 Å². The highest BCUT2D eigenvalue weighted by molar-refractivity contribution is 7.11. The topological polar surface area (TPSA) is 29.9 Å². The Kier molecular flexibility index (Phi) is 3.74. The molecule has 0 bridgehead atoms. The molecule has 0 aromatic carbocycles. The Hall–Kier alpha value is -1.13. The van der Waals surface area contributed by atoms with E-state index in [9.17, 15) is 0 Å². The second-order valence-corrected chi connectivity index (χ2v) is 5.07. The van der Waals surface area contributed by atoms with Gasteiger partial charge in [-0.15, -0.1) is 11.3 Å². The van der Waals surface area contributed by atoms with Crippen LogP contribution in [0.2, 0.25) is 0 Å². The molecule has 0 radical (unpaired) electrons. The lowest BCUT2D eigenvalue weighted by molar-refractivity contribution is 0.660. The molecule has 0 spiro atoms. The van der Waals surface area contributed by atoms with Crippen molar-refractivity contribution in [1.82, 2.24) is 14.9 Å². The summed E-state index contributed by atoms with van der Waals surface area (Å²) in [5.74, 6) is 0. The van der Waals surface area contributed by atoms with Crippen LogP contribution < -0.4 is 5.32 Å². The van der Waals surface area contributed by atoms with Crippen molar-refractivity contribution in [2.75, 3.05) is 6.54 Å². The molecule has 2 aromatic heterocycles. The van der Waals surface area contributed by atoms with Crippen molar-refractivity contribution in [3.63, 3.8) is 0 Å². The highest BCUT2D eigenvalue weighted by atomic mass is 32.1. The van der Waals surface area contributed by atoms with Crippen LogP contribution in [0.3, 0.4) is 0 Å². The molecule has 2 rings (SSSR count). The van der Waals surface area contributed by atoms with Crippen LogP contribution in [0.5, 0.6) is 0 Å². The molecule has 0 aliphatic carbocycles. The molecule has 1 N–H and O–H groups in total. The zero-order chi connectivity index (χ0) is 11.4. The van der Waals surface area contributed by atoms with E-state index in [-0.39, 0.29) is 0 Å². The lowest BCUT2D eigenvalue weighted by Gasteiger charge is -2.07. The van der Waals surface area contributed by atoms with Crippen LogP contribution in [0.4, 0.5) is 0 Å². The molecular formula is C12H17N3S. The van der Waals surface area contributed by atoms with Crippen LogP contribution >= 0.6 is 11.3 Å². The molecule has 0 saturated carbocycles. The maximum absolute atomic E-state index is 4.28. The van der Waals surface area contributed by atoms with Crippen molar-refractivity contribution in [2.45, 2.75) is 26.9 Å². The van der Waals surface area contributed by atoms with E-state index >= 15 is 0 Å². The Morgan fingerprint density at radius 3 is 3.06 bits per heavy atom. The summed E-state index contributed by atoms with van der Waals surface area (Å²) in [6.45, 7) is 7.04. The Morgan fingerprint density at radius 1 is 1.50 bits per heavy atom. The standard InChI is InChI=1S/C12H17N3S/c1-3-13-7-11-5-4-6-15(11)9-12-8-14-10(2)16-12/h4-6,8,13H,3,7,9H2,1-2H3. The van der Waals surface area contributed by atoms with Gasteiger partial charge in [0.25, 0.3) is 0 Å². The molecular weight excluding hydrogens is 218 g/mol. The van der Waals surface area contributed by atoms with Gasteiger partial charge in [-0.3, -0.25) is 0 Å². The molecule has 0 saturated heterocycles.